The van der Waals surface area contributed by atoms with Gasteiger partial charge in [-0.15, -0.1) is 11.3 Å². The van der Waals surface area contributed by atoms with Crippen molar-refractivity contribution in [3.63, 3.8) is 0 Å². The molecule has 8 nitrogen and oxygen atoms in total. The van der Waals surface area contributed by atoms with Gasteiger partial charge in [0.25, 0.3) is 0 Å². The van der Waals surface area contributed by atoms with Crippen LogP contribution in [0.4, 0.5) is 5.13 Å². The summed E-state index contributed by atoms with van der Waals surface area (Å²) in [6.45, 7) is 6.58. The Labute approximate surface area is 174 Å². The number of rotatable bonds is 6. The molecule has 29 heavy (non-hydrogen) atoms. The van der Waals surface area contributed by atoms with E-state index in [9.17, 15) is 0 Å². The van der Waals surface area contributed by atoms with Gasteiger partial charge in [0.05, 0.1) is 26.5 Å². The van der Waals surface area contributed by atoms with E-state index in [4.69, 9.17) is 14.0 Å². The number of methoxy groups -OCH3 is 2. The van der Waals surface area contributed by atoms with Gasteiger partial charge < -0.3 is 18.9 Å². The zero-order valence-electron chi connectivity index (χ0n) is 16.9. The van der Waals surface area contributed by atoms with Crippen LogP contribution in [0.5, 0.6) is 11.5 Å². The standard InChI is InChI=1S/C20H25N5O3S/c1-14-13-29-20(21-14)25-8-4-7-24(9-10-25)12-18-22-19(23-28-18)15-5-6-16(26-2)17(11-15)27-3/h5-6,11,13H,4,7-10,12H2,1-3H3. The molecule has 1 saturated heterocycles. The maximum Gasteiger partial charge on any atom is 0.241 e. The van der Waals surface area contributed by atoms with E-state index >= 15 is 0 Å². The number of aromatic nitrogens is 3. The summed E-state index contributed by atoms with van der Waals surface area (Å²) in [6.07, 6.45) is 1.08. The highest BCUT2D eigenvalue weighted by Gasteiger charge is 2.20. The van der Waals surface area contributed by atoms with Crippen LogP contribution in [0.1, 0.15) is 18.0 Å². The van der Waals surface area contributed by atoms with E-state index in [1.165, 1.54) is 0 Å². The Morgan fingerprint density at radius 1 is 1.07 bits per heavy atom. The van der Waals surface area contributed by atoms with Crippen LogP contribution in [0.15, 0.2) is 28.1 Å². The molecule has 0 saturated carbocycles. The average Bonchev–Trinajstić information content (AvgIpc) is 3.32. The minimum Gasteiger partial charge on any atom is -0.493 e. The number of thiazole rings is 1. The third-order valence-electron chi connectivity index (χ3n) is 4.93. The van der Waals surface area contributed by atoms with E-state index in [1.54, 1.807) is 25.6 Å². The summed E-state index contributed by atoms with van der Waals surface area (Å²) in [6, 6.07) is 5.59. The summed E-state index contributed by atoms with van der Waals surface area (Å²) in [7, 11) is 3.22. The first-order valence-corrected chi connectivity index (χ1v) is 10.5. The molecule has 1 aliphatic heterocycles. The van der Waals surface area contributed by atoms with Gasteiger partial charge in [0.2, 0.25) is 11.7 Å². The van der Waals surface area contributed by atoms with E-state index in [2.05, 4.69) is 30.3 Å². The van der Waals surface area contributed by atoms with Crippen molar-refractivity contribution in [2.24, 2.45) is 0 Å². The van der Waals surface area contributed by atoms with E-state index in [-0.39, 0.29) is 0 Å². The Bertz CT molecular complexity index is 957. The molecule has 0 unspecified atom stereocenters. The van der Waals surface area contributed by atoms with Gasteiger partial charge in [-0.05, 0) is 31.5 Å². The minimum atomic E-state index is 0.552. The SMILES string of the molecule is COc1ccc(-c2noc(CN3CCCN(c4nc(C)cs4)CC3)n2)cc1OC. The molecule has 1 aliphatic rings. The Balaban J connectivity index is 1.40. The number of hydrogen-bond donors (Lipinski definition) is 0. The smallest absolute Gasteiger partial charge is 0.241 e. The Morgan fingerprint density at radius 3 is 2.69 bits per heavy atom. The molecular formula is C20H25N5O3S. The summed E-state index contributed by atoms with van der Waals surface area (Å²) in [5.74, 6) is 2.48. The first-order chi connectivity index (χ1) is 14.2. The van der Waals surface area contributed by atoms with Crippen LogP contribution in [-0.4, -0.2) is 60.4 Å². The summed E-state index contributed by atoms with van der Waals surface area (Å²) in [4.78, 5) is 13.9. The summed E-state index contributed by atoms with van der Waals surface area (Å²) in [5, 5.41) is 7.36. The number of ether oxygens (including phenoxy) is 2. The van der Waals surface area contributed by atoms with Gasteiger partial charge in [0.15, 0.2) is 16.6 Å². The van der Waals surface area contributed by atoms with Crippen LogP contribution in [-0.2, 0) is 6.54 Å². The fourth-order valence-corrected chi connectivity index (χ4v) is 4.27. The van der Waals surface area contributed by atoms with E-state index in [1.807, 2.05) is 25.1 Å². The molecule has 1 fully saturated rings. The molecule has 0 amide bonds. The van der Waals surface area contributed by atoms with Crippen molar-refractivity contribution in [2.75, 3.05) is 45.3 Å². The molecule has 2 aromatic heterocycles. The predicted octanol–water partition coefficient (Wildman–Crippen LogP) is 3.23. The van der Waals surface area contributed by atoms with Gasteiger partial charge in [0, 0.05) is 37.1 Å². The van der Waals surface area contributed by atoms with Crippen LogP contribution in [0, 0.1) is 6.92 Å². The minimum absolute atomic E-state index is 0.552. The van der Waals surface area contributed by atoms with Crippen molar-refractivity contribution in [3.8, 4) is 22.9 Å². The molecule has 0 spiro atoms. The van der Waals surface area contributed by atoms with Gasteiger partial charge in [0.1, 0.15) is 0 Å². The van der Waals surface area contributed by atoms with Crippen molar-refractivity contribution < 1.29 is 14.0 Å². The first kappa shape index (κ1) is 19.7. The second kappa shape index (κ2) is 8.79. The van der Waals surface area contributed by atoms with Crippen molar-refractivity contribution in [3.05, 3.63) is 35.2 Å². The third-order valence-corrected chi connectivity index (χ3v) is 5.95. The van der Waals surface area contributed by atoms with E-state index in [0.717, 1.165) is 49.0 Å². The van der Waals surface area contributed by atoms with Crippen molar-refractivity contribution >= 4 is 16.5 Å². The van der Waals surface area contributed by atoms with E-state index in [0.29, 0.717) is 29.8 Å². The maximum absolute atomic E-state index is 5.51. The zero-order valence-corrected chi connectivity index (χ0v) is 17.7. The third kappa shape index (κ3) is 4.51. The Hall–Kier alpha value is -2.65. The summed E-state index contributed by atoms with van der Waals surface area (Å²) < 4.78 is 16.2. The molecule has 4 rings (SSSR count). The highest BCUT2D eigenvalue weighted by molar-refractivity contribution is 7.13. The van der Waals surface area contributed by atoms with Gasteiger partial charge in [-0.1, -0.05) is 5.16 Å². The number of anilines is 1. The molecule has 0 bridgehead atoms. The second-order valence-electron chi connectivity index (χ2n) is 6.97. The number of aryl methyl sites for hydroxylation is 1. The van der Waals surface area contributed by atoms with Gasteiger partial charge in [-0.3, -0.25) is 4.90 Å². The molecule has 9 heteroatoms. The van der Waals surface area contributed by atoms with Crippen molar-refractivity contribution in [1.29, 1.82) is 0 Å². The molecule has 0 radical (unpaired) electrons. The number of hydrogen-bond acceptors (Lipinski definition) is 9. The predicted molar refractivity (Wildman–Crippen MR) is 112 cm³/mol. The van der Waals surface area contributed by atoms with Crippen LogP contribution >= 0.6 is 11.3 Å². The normalized spacial score (nSPS) is 15.3. The van der Waals surface area contributed by atoms with Gasteiger partial charge in [-0.2, -0.15) is 4.98 Å². The highest BCUT2D eigenvalue weighted by Crippen LogP contribution is 2.31. The molecule has 0 atom stereocenters. The lowest BCUT2D eigenvalue weighted by atomic mass is 10.2. The lowest BCUT2D eigenvalue weighted by molar-refractivity contribution is 0.239. The first-order valence-electron chi connectivity index (χ1n) is 9.60. The molecule has 0 aliphatic carbocycles. The van der Waals surface area contributed by atoms with Crippen LogP contribution in [0.3, 0.4) is 0 Å². The van der Waals surface area contributed by atoms with Crippen molar-refractivity contribution in [1.82, 2.24) is 20.0 Å². The number of nitrogens with zero attached hydrogens (tertiary/aromatic N) is 5. The van der Waals surface area contributed by atoms with Gasteiger partial charge in [-0.25, -0.2) is 4.98 Å². The highest BCUT2D eigenvalue weighted by atomic mass is 32.1. The number of benzene rings is 1. The van der Waals surface area contributed by atoms with Crippen LogP contribution in [0.25, 0.3) is 11.4 Å². The average molecular weight is 416 g/mol. The summed E-state index contributed by atoms with van der Waals surface area (Å²) >= 11 is 1.71. The fourth-order valence-electron chi connectivity index (χ4n) is 3.41. The maximum atomic E-state index is 5.51. The van der Waals surface area contributed by atoms with Crippen LogP contribution in [0.2, 0.25) is 0 Å². The lowest BCUT2D eigenvalue weighted by Crippen LogP contribution is -2.30. The summed E-state index contributed by atoms with van der Waals surface area (Å²) in [5.41, 5.74) is 1.92. The lowest BCUT2D eigenvalue weighted by Gasteiger charge is -2.20. The monoisotopic (exact) mass is 415 g/mol. The Morgan fingerprint density at radius 2 is 1.93 bits per heavy atom. The zero-order chi connectivity index (χ0) is 20.2. The van der Waals surface area contributed by atoms with E-state index < -0.39 is 0 Å². The molecule has 0 N–H and O–H groups in total. The second-order valence-corrected chi connectivity index (χ2v) is 7.81. The largest absolute Gasteiger partial charge is 0.493 e. The van der Waals surface area contributed by atoms with Crippen molar-refractivity contribution in [2.45, 2.75) is 19.9 Å². The molecule has 1 aromatic carbocycles. The van der Waals surface area contributed by atoms with Crippen LogP contribution < -0.4 is 14.4 Å². The quantitative estimate of drug-likeness (QED) is 0.607. The fraction of sp³-hybridized carbons (Fsp3) is 0.450. The van der Waals surface area contributed by atoms with Gasteiger partial charge >= 0.3 is 0 Å². The topological polar surface area (TPSA) is 76.8 Å². The molecule has 3 heterocycles. The molecule has 3 aromatic rings. The molecular weight excluding hydrogens is 390 g/mol. The Kier molecular flexibility index (Phi) is 5.96. The molecule has 154 valence electrons.